The Labute approximate surface area is 148 Å². The van der Waals surface area contributed by atoms with E-state index in [1.54, 1.807) is 7.05 Å². The molecule has 3 rings (SSSR count). The SMILES string of the molecule is C/C=C(\C=NC)c1ccc(-c2cccc(-c3cnn(C)c3)c2)nc1C. The van der Waals surface area contributed by atoms with E-state index in [1.807, 2.05) is 44.2 Å². The van der Waals surface area contributed by atoms with Gasteiger partial charge in [0.05, 0.1) is 11.9 Å². The van der Waals surface area contributed by atoms with Crippen LogP contribution < -0.4 is 0 Å². The molecule has 0 saturated carbocycles. The van der Waals surface area contributed by atoms with Gasteiger partial charge < -0.3 is 0 Å². The molecule has 0 atom stereocenters. The lowest BCUT2D eigenvalue weighted by atomic mass is 10.0. The Kier molecular flexibility index (Phi) is 4.89. The molecule has 4 nitrogen and oxygen atoms in total. The summed E-state index contributed by atoms with van der Waals surface area (Å²) in [6.45, 7) is 4.05. The quantitative estimate of drug-likeness (QED) is 0.658. The summed E-state index contributed by atoms with van der Waals surface area (Å²) in [6.07, 6.45) is 7.82. The van der Waals surface area contributed by atoms with Gasteiger partial charge in [-0.1, -0.05) is 30.3 Å². The Morgan fingerprint density at radius 2 is 1.92 bits per heavy atom. The Hall–Kier alpha value is -3.01. The molecule has 25 heavy (non-hydrogen) atoms. The lowest BCUT2D eigenvalue weighted by Gasteiger charge is -2.09. The van der Waals surface area contributed by atoms with Crippen molar-refractivity contribution >= 4 is 11.8 Å². The summed E-state index contributed by atoms with van der Waals surface area (Å²) in [4.78, 5) is 8.93. The van der Waals surface area contributed by atoms with Crippen molar-refractivity contribution in [2.24, 2.45) is 12.0 Å². The van der Waals surface area contributed by atoms with Crippen LogP contribution in [0.3, 0.4) is 0 Å². The molecular formula is C21H22N4. The molecule has 0 saturated heterocycles. The van der Waals surface area contributed by atoms with Crippen molar-refractivity contribution in [3.8, 4) is 22.4 Å². The van der Waals surface area contributed by atoms with Crippen LogP contribution in [0.4, 0.5) is 0 Å². The van der Waals surface area contributed by atoms with Crippen molar-refractivity contribution in [2.75, 3.05) is 7.05 Å². The van der Waals surface area contributed by atoms with E-state index in [9.17, 15) is 0 Å². The third kappa shape index (κ3) is 3.58. The first kappa shape index (κ1) is 16.8. The van der Waals surface area contributed by atoms with Crippen molar-refractivity contribution in [2.45, 2.75) is 13.8 Å². The molecule has 2 aromatic heterocycles. The Morgan fingerprint density at radius 3 is 2.56 bits per heavy atom. The van der Waals surface area contributed by atoms with Gasteiger partial charge in [-0.2, -0.15) is 5.10 Å². The molecular weight excluding hydrogens is 308 g/mol. The van der Waals surface area contributed by atoms with E-state index >= 15 is 0 Å². The molecule has 0 aliphatic rings. The number of benzene rings is 1. The van der Waals surface area contributed by atoms with Gasteiger partial charge in [0.15, 0.2) is 0 Å². The van der Waals surface area contributed by atoms with E-state index in [-0.39, 0.29) is 0 Å². The summed E-state index contributed by atoms with van der Waals surface area (Å²) < 4.78 is 1.81. The highest BCUT2D eigenvalue weighted by atomic mass is 15.2. The average molecular weight is 330 g/mol. The molecule has 0 radical (unpaired) electrons. The first-order valence-corrected chi connectivity index (χ1v) is 8.28. The standard InChI is InChI=1S/C21H22N4/c1-5-16(12-22-3)20-9-10-21(24-15(20)2)18-8-6-7-17(11-18)19-13-23-25(4)14-19/h5-14H,1-4H3/b16-5+,22-12?. The van der Waals surface area contributed by atoms with Crippen LogP contribution in [-0.2, 0) is 7.05 Å². The van der Waals surface area contributed by atoms with Gasteiger partial charge in [0.1, 0.15) is 0 Å². The van der Waals surface area contributed by atoms with Gasteiger partial charge in [0, 0.05) is 48.9 Å². The van der Waals surface area contributed by atoms with Crippen molar-refractivity contribution in [1.82, 2.24) is 14.8 Å². The topological polar surface area (TPSA) is 43.1 Å². The molecule has 4 heteroatoms. The predicted octanol–water partition coefficient (Wildman–Crippen LogP) is 4.56. The van der Waals surface area contributed by atoms with Crippen LogP contribution in [0.15, 0.2) is 59.9 Å². The van der Waals surface area contributed by atoms with Gasteiger partial charge in [-0.05, 0) is 37.1 Å². The van der Waals surface area contributed by atoms with Crippen LogP contribution in [0.1, 0.15) is 18.2 Å². The third-order valence-electron chi connectivity index (χ3n) is 4.17. The highest BCUT2D eigenvalue weighted by Crippen LogP contribution is 2.27. The minimum Gasteiger partial charge on any atom is -0.296 e. The second-order valence-corrected chi connectivity index (χ2v) is 5.94. The summed E-state index contributed by atoms with van der Waals surface area (Å²) in [5, 5.41) is 4.25. The average Bonchev–Trinajstić information content (AvgIpc) is 3.06. The fraction of sp³-hybridized carbons (Fsp3) is 0.190. The number of hydrogen-bond acceptors (Lipinski definition) is 3. The first-order valence-electron chi connectivity index (χ1n) is 8.28. The minimum atomic E-state index is 0.968. The fourth-order valence-electron chi connectivity index (χ4n) is 2.89. The molecule has 0 N–H and O–H groups in total. The lowest BCUT2D eigenvalue weighted by molar-refractivity contribution is 0.768. The number of pyridine rings is 1. The summed E-state index contributed by atoms with van der Waals surface area (Å²) in [7, 11) is 3.71. The third-order valence-corrected chi connectivity index (χ3v) is 4.17. The predicted molar refractivity (Wildman–Crippen MR) is 105 cm³/mol. The van der Waals surface area contributed by atoms with E-state index in [4.69, 9.17) is 4.98 Å². The normalized spacial score (nSPS) is 12.1. The number of rotatable bonds is 4. The van der Waals surface area contributed by atoms with E-state index in [2.05, 4.69) is 52.6 Å². The second kappa shape index (κ2) is 7.26. The molecule has 0 bridgehead atoms. The van der Waals surface area contributed by atoms with Gasteiger partial charge in [0.25, 0.3) is 0 Å². The van der Waals surface area contributed by atoms with Crippen LogP contribution in [0.2, 0.25) is 0 Å². The van der Waals surface area contributed by atoms with Gasteiger partial charge in [-0.15, -0.1) is 0 Å². The van der Waals surface area contributed by atoms with Crippen LogP contribution in [-0.4, -0.2) is 28.0 Å². The van der Waals surface area contributed by atoms with Crippen molar-refractivity contribution in [3.05, 3.63) is 66.1 Å². The molecule has 0 aliphatic carbocycles. The maximum atomic E-state index is 4.81. The van der Waals surface area contributed by atoms with Crippen LogP contribution in [0.5, 0.6) is 0 Å². The Morgan fingerprint density at radius 1 is 1.12 bits per heavy atom. The number of aliphatic imine (C=N–C) groups is 1. The van der Waals surface area contributed by atoms with Crippen molar-refractivity contribution in [3.63, 3.8) is 0 Å². The molecule has 2 heterocycles. The largest absolute Gasteiger partial charge is 0.296 e. The number of nitrogens with zero attached hydrogens (tertiary/aromatic N) is 4. The highest BCUT2D eigenvalue weighted by Gasteiger charge is 2.08. The van der Waals surface area contributed by atoms with Gasteiger partial charge in [-0.3, -0.25) is 14.7 Å². The molecule has 126 valence electrons. The summed E-state index contributed by atoms with van der Waals surface area (Å²) in [6, 6.07) is 12.6. The Bertz CT molecular complexity index is 948. The van der Waals surface area contributed by atoms with Gasteiger partial charge in [0.2, 0.25) is 0 Å². The number of aryl methyl sites for hydroxylation is 2. The van der Waals surface area contributed by atoms with E-state index < -0.39 is 0 Å². The highest BCUT2D eigenvalue weighted by molar-refractivity contribution is 6.10. The molecule has 0 spiro atoms. The zero-order chi connectivity index (χ0) is 17.8. The van der Waals surface area contributed by atoms with E-state index in [0.29, 0.717) is 0 Å². The first-order chi connectivity index (χ1) is 12.1. The lowest BCUT2D eigenvalue weighted by Crippen LogP contribution is -1.95. The van der Waals surface area contributed by atoms with Gasteiger partial charge in [-0.25, -0.2) is 0 Å². The smallest absolute Gasteiger partial charge is 0.0705 e. The molecule has 0 aliphatic heterocycles. The molecule has 0 amide bonds. The Balaban J connectivity index is 1.99. The summed E-state index contributed by atoms with van der Waals surface area (Å²) in [5.74, 6) is 0. The maximum absolute atomic E-state index is 4.81. The molecule has 0 unspecified atom stereocenters. The molecule has 0 fully saturated rings. The number of aromatic nitrogens is 3. The summed E-state index contributed by atoms with van der Waals surface area (Å²) >= 11 is 0. The van der Waals surface area contributed by atoms with Crippen LogP contribution in [0, 0.1) is 6.92 Å². The number of hydrogen-bond donors (Lipinski definition) is 0. The van der Waals surface area contributed by atoms with Gasteiger partial charge >= 0.3 is 0 Å². The van der Waals surface area contributed by atoms with E-state index in [0.717, 1.165) is 39.2 Å². The van der Waals surface area contributed by atoms with Crippen LogP contribution >= 0.6 is 0 Å². The second-order valence-electron chi connectivity index (χ2n) is 5.94. The van der Waals surface area contributed by atoms with Crippen molar-refractivity contribution < 1.29 is 0 Å². The molecule has 1 aromatic carbocycles. The maximum Gasteiger partial charge on any atom is 0.0705 e. The minimum absolute atomic E-state index is 0.968. The van der Waals surface area contributed by atoms with Crippen molar-refractivity contribution in [1.29, 1.82) is 0 Å². The zero-order valence-corrected chi connectivity index (χ0v) is 15.1. The monoisotopic (exact) mass is 330 g/mol. The number of allylic oxidation sites excluding steroid dienone is 2. The molecule has 3 aromatic rings. The fourth-order valence-corrected chi connectivity index (χ4v) is 2.89. The van der Waals surface area contributed by atoms with E-state index in [1.165, 1.54) is 0 Å². The van der Waals surface area contributed by atoms with Crippen LogP contribution in [0.25, 0.3) is 28.0 Å². The zero-order valence-electron chi connectivity index (χ0n) is 15.1. The summed E-state index contributed by atoms with van der Waals surface area (Å²) in [5.41, 5.74) is 7.51.